The molecule has 106 valence electrons. The van der Waals surface area contributed by atoms with Crippen LogP contribution < -0.4 is 5.32 Å². The molecule has 0 bridgehead atoms. The number of hydrogen-bond donors (Lipinski definition) is 2. The van der Waals surface area contributed by atoms with Gasteiger partial charge in [-0.3, -0.25) is 4.68 Å². The van der Waals surface area contributed by atoms with E-state index in [0.29, 0.717) is 5.69 Å². The smallest absolute Gasteiger partial charge is 0.416 e. The lowest BCUT2D eigenvalue weighted by Crippen LogP contribution is -2.05. The van der Waals surface area contributed by atoms with Crippen LogP contribution in [-0.4, -0.2) is 20.9 Å². The van der Waals surface area contributed by atoms with Gasteiger partial charge in [0.2, 0.25) is 0 Å². The number of halogens is 3. The molecule has 0 amide bonds. The monoisotopic (exact) mass is 285 g/mol. The minimum atomic E-state index is -4.40. The fourth-order valence-electron chi connectivity index (χ4n) is 1.64. The van der Waals surface area contributed by atoms with E-state index >= 15 is 0 Å². The van der Waals surface area contributed by atoms with Gasteiger partial charge < -0.3 is 10.4 Å². The molecule has 8 heteroatoms. The summed E-state index contributed by atoms with van der Waals surface area (Å²) in [6.45, 7) is 0. The predicted octanol–water partition coefficient (Wildman–Crippen LogP) is 2.88. The molecule has 0 radical (unpaired) electrons. The first-order chi connectivity index (χ1) is 9.27. The third kappa shape index (κ3) is 2.90. The van der Waals surface area contributed by atoms with Crippen LogP contribution in [0.1, 0.15) is 16.1 Å². The molecule has 0 atom stereocenters. The molecule has 20 heavy (non-hydrogen) atoms. The molecule has 2 aromatic rings. The molecule has 5 nitrogen and oxygen atoms in total. The predicted molar refractivity (Wildman–Crippen MR) is 64.9 cm³/mol. The van der Waals surface area contributed by atoms with Gasteiger partial charge in [0.25, 0.3) is 0 Å². The lowest BCUT2D eigenvalue weighted by Gasteiger charge is -2.08. The number of rotatable bonds is 3. The van der Waals surface area contributed by atoms with E-state index in [1.807, 2.05) is 0 Å². The first kappa shape index (κ1) is 13.9. The number of nitrogens with one attached hydrogen (secondary N) is 1. The van der Waals surface area contributed by atoms with E-state index in [1.165, 1.54) is 23.0 Å². The summed E-state index contributed by atoms with van der Waals surface area (Å²) < 4.78 is 38.5. The Morgan fingerprint density at radius 3 is 2.40 bits per heavy atom. The number of benzene rings is 1. The van der Waals surface area contributed by atoms with Crippen molar-refractivity contribution in [2.45, 2.75) is 6.18 Å². The molecule has 1 heterocycles. The summed E-state index contributed by atoms with van der Waals surface area (Å²) in [5.41, 5.74) is -0.423. The van der Waals surface area contributed by atoms with Gasteiger partial charge in [0.05, 0.1) is 11.3 Å². The van der Waals surface area contributed by atoms with Gasteiger partial charge in [-0.2, -0.15) is 18.3 Å². The van der Waals surface area contributed by atoms with Crippen molar-refractivity contribution in [3.8, 4) is 0 Å². The zero-order valence-corrected chi connectivity index (χ0v) is 10.3. The number of aromatic carboxylic acids is 1. The molecule has 0 saturated heterocycles. The van der Waals surface area contributed by atoms with Crippen molar-refractivity contribution in [2.75, 3.05) is 5.32 Å². The lowest BCUT2D eigenvalue weighted by molar-refractivity contribution is -0.137. The SMILES string of the molecule is Cn1cc(Nc2ccc(C(F)(F)F)cc2)c(C(=O)O)n1. The van der Waals surface area contributed by atoms with Crippen LogP contribution in [0.3, 0.4) is 0 Å². The third-order valence-corrected chi connectivity index (χ3v) is 2.52. The number of carbonyl (C=O) groups is 1. The maximum absolute atomic E-state index is 12.4. The van der Waals surface area contributed by atoms with E-state index in [2.05, 4.69) is 10.4 Å². The number of anilines is 2. The van der Waals surface area contributed by atoms with Crippen molar-refractivity contribution in [3.63, 3.8) is 0 Å². The second kappa shape index (κ2) is 4.87. The average molecular weight is 285 g/mol. The fraction of sp³-hybridized carbons (Fsp3) is 0.167. The van der Waals surface area contributed by atoms with E-state index in [0.717, 1.165) is 12.1 Å². The number of aromatic nitrogens is 2. The molecule has 0 spiro atoms. The van der Waals surface area contributed by atoms with Gasteiger partial charge in [-0.15, -0.1) is 0 Å². The molecule has 2 N–H and O–H groups in total. The number of carboxylic acid groups (broad SMARTS) is 1. The summed E-state index contributed by atoms with van der Waals surface area (Å²) in [6, 6.07) is 4.28. The van der Waals surface area contributed by atoms with Crippen molar-refractivity contribution in [1.82, 2.24) is 9.78 Å². The first-order valence-corrected chi connectivity index (χ1v) is 5.48. The minimum Gasteiger partial charge on any atom is -0.476 e. The lowest BCUT2D eigenvalue weighted by atomic mass is 10.2. The number of hydrogen-bond acceptors (Lipinski definition) is 3. The average Bonchev–Trinajstić information content (AvgIpc) is 2.70. The van der Waals surface area contributed by atoms with E-state index < -0.39 is 17.7 Å². The van der Waals surface area contributed by atoms with Crippen LogP contribution in [0.5, 0.6) is 0 Å². The van der Waals surface area contributed by atoms with Crippen molar-refractivity contribution in [1.29, 1.82) is 0 Å². The zero-order chi connectivity index (χ0) is 14.9. The Hall–Kier alpha value is -2.51. The van der Waals surface area contributed by atoms with Crippen LogP contribution in [0.15, 0.2) is 30.5 Å². The molecule has 0 unspecified atom stereocenters. The van der Waals surface area contributed by atoms with Crippen molar-refractivity contribution in [3.05, 3.63) is 41.7 Å². The summed E-state index contributed by atoms with van der Waals surface area (Å²) in [7, 11) is 1.55. The molecule has 1 aromatic carbocycles. The molecule has 2 rings (SSSR count). The van der Waals surface area contributed by atoms with Crippen LogP contribution >= 0.6 is 0 Å². The summed E-state index contributed by atoms with van der Waals surface area (Å²) in [5.74, 6) is -1.22. The van der Waals surface area contributed by atoms with Gasteiger partial charge in [-0.05, 0) is 24.3 Å². The molecule has 0 aliphatic carbocycles. The van der Waals surface area contributed by atoms with Crippen LogP contribution in [0.4, 0.5) is 24.5 Å². The van der Waals surface area contributed by atoms with Crippen LogP contribution in [0.25, 0.3) is 0 Å². The molecule has 0 fully saturated rings. The Labute approximate surface area is 111 Å². The number of nitrogens with zero attached hydrogens (tertiary/aromatic N) is 2. The topological polar surface area (TPSA) is 67.2 Å². The fourth-order valence-corrected chi connectivity index (χ4v) is 1.64. The maximum Gasteiger partial charge on any atom is 0.416 e. The van der Waals surface area contributed by atoms with Crippen LogP contribution in [-0.2, 0) is 13.2 Å². The van der Waals surface area contributed by atoms with E-state index in [-0.39, 0.29) is 11.4 Å². The standard InChI is InChI=1S/C12H10F3N3O2/c1-18-6-9(10(17-18)11(19)20)16-8-4-2-7(3-5-8)12(13,14)15/h2-6,16H,1H3,(H,19,20). The van der Waals surface area contributed by atoms with Crippen molar-refractivity contribution < 1.29 is 23.1 Å². The van der Waals surface area contributed by atoms with Gasteiger partial charge in [0, 0.05) is 18.9 Å². The Kier molecular flexibility index (Phi) is 3.39. The summed E-state index contributed by atoms with van der Waals surface area (Å²) in [5, 5.41) is 15.4. The highest BCUT2D eigenvalue weighted by atomic mass is 19.4. The van der Waals surface area contributed by atoms with Gasteiger partial charge >= 0.3 is 12.1 Å². The molecular formula is C12H10F3N3O2. The van der Waals surface area contributed by atoms with Crippen LogP contribution in [0, 0.1) is 0 Å². The zero-order valence-electron chi connectivity index (χ0n) is 10.3. The summed E-state index contributed by atoms with van der Waals surface area (Å²) in [4.78, 5) is 10.9. The Bertz CT molecular complexity index is 632. The largest absolute Gasteiger partial charge is 0.476 e. The molecule has 0 aliphatic rings. The number of aryl methyl sites for hydroxylation is 1. The molecule has 0 saturated carbocycles. The molecule has 1 aromatic heterocycles. The van der Waals surface area contributed by atoms with Crippen molar-refractivity contribution in [2.24, 2.45) is 7.05 Å². The van der Waals surface area contributed by atoms with E-state index in [1.54, 1.807) is 7.05 Å². The first-order valence-electron chi connectivity index (χ1n) is 5.48. The minimum absolute atomic E-state index is 0.201. The van der Waals surface area contributed by atoms with E-state index in [9.17, 15) is 18.0 Å². The summed E-state index contributed by atoms with van der Waals surface area (Å²) >= 11 is 0. The second-order valence-electron chi connectivity index (χ2n) is 4.07. The number of carboxylic acids is 1. The number of alkyl halides is 3. The Morgan fingerprint density at radius 2 is 1.90 bits per heavy atom. The highest BCUT2D eigenvalue weighted by molar-refractivity contribution is 5.92. The molecular weight excluding hydrogens is 275 g/mol. The normalized spacial score (nSPS) is 11.4. The van der Waals surface area contributed by atoms with Crippen LogP contribution in [0.2, 0.25) is 0 Å². The second-order valence-corrected chi connectivity index (χ2v) is 4.07. The summed E-state index contributed by atoms with van der Waals surface area (Å²) in [6.07, 6.45) is -2.97. The van der Waals surface area contributed by atoms with Gasteiger partial charge in [-0.25, -0.2) is 4.79 Å². The van der Waals surface area contributed by atoms with Gasteiger partial charge in [-0.1, -0.05) is 0 Å². The van der Waals surface area contributed by atoms with E-state index in [4.69, 9.17) is 5.11 Å². The van der Waals surface area contributed by atoms with Gasteiger partial charge in [0.15, 0.2) is 5.69 Å². The third-order valence-electron chi connectivity index (χ3n) is 2.52. The highest BCUT2D eigenvalue weighted by Gasteiger charge is 2.30. The van der Waals surface area contributed by atoms with Gasteiger partial charge in [0.1, 0.15) is 0 Å². The quantitative estimate of drug-likeness (QED) is 0.910. The molecule has 0 aliphatic heterocycles. The van der Waals surface area contributed by atoms with Crippen molar-refractivity contribution >= 4 is 17.3 Å². The Balaban J connectivity index is 2.25. The highest BCUT2D eigenvalue weighted by Crippen LogP contribution is 2.30. The maximum atomic E-state index is 12.4. The Morgan fingerprint density at radius 1 is 1.30 bits per heavy atom.